The van der Waals surface area contributed by atoms with Crippen molar-refractivity contribution in [2.24, 2.45) is 0 Å². The van der Waals surface area contributed by atoms with Crippen LogP contribution in [0, 0.1) is 0 Å². The maximum Gasteiger partial charge on any atom is 0.338 e. The summed E-state index contributed by atoms with van der Waals surface area (Å²) in [6.07, 6.45) is 0.650. The number of methoxy groups -OCH3 is 1. The lowest BCUT2D eigenvalue weighted by Crippen LogP contribution is -2.24. The Hall–Kier alpha value is -3.02. The van der Waals surface area contributed by atoms with Crippen molar-refractivity contribution in [1.29, 1.82) is 0 Å². The van der Waals surface area contributed by atoms with E-state index in [2.05, 4.69) is 5.32 Å². The van der Waals surface area contributed by atoms with Gasteiger partial charge >= 0.3 is 5.97 Å². The first-order valence-electron chi connectivity index (χ1n) is 7.86. The number of nitrogens with one attached hydrogen (secondary N) is 1. The number of amides is 1. The molecule has 6 heteroatoms. The van der Waals surface area contributed by atoms with Crippen LogP contribution in [-0.2, 0) is 16.0 Å². The minimum absolute atomic E-state index is 0.131. The van der Waals surface area contributed by atoms with Gasteiger partial charge < -0.3 is 19.5 Å². The van der Waals surface area contributed by atoms with Crippen LogP contribution in [0.1, 0.15) is 15.9 Å². The van der Waals surface area contributed by atoms with Crippen molar-refractivity contribution in [2.75, 3.05) is 27.4 Å². The van der Waals surface area contributed by atoms with Crippen molar-refractivity contribution in [2.45, 2.75) is 6.42 Å². The molecule has 0 radical (unpaired) electrons. The van der Waals surface area contributed by atoms with Gasteiger partial charge in [-0.1, -0.05) is 30.3 Å². The van der Waals surface area contributed by atoms with Gasteiger partial charge in [-0.3, -0.25) is 4.79 Å². The highest BCUT2D eigenvalue weighted by Gasteiger charge is 2.13. The number of carbonyl (C=O) groups is 2. The third kappa shape index (κ3) is 5.53. The summed E-state index contributed by atoms with van der Waals surface area (Å²) in [5.74, 6) is 0.0480. The average Bonchev–Trinajstić information content (AvgIpc) is 2.66. The largest absolute Gasteiger partial charge is 0.493 e. The Kier molecular flexibility index (Phi) is 6.83. The van der Waals surface area contributed by atoms with Crippen molar-refractivity contribution >= 4 is 11.9 Å². The molecule has 132 valence electrons. The van der Waals surface area contributed by atoms with E-state index in [1.807, 2.05) is 30.3 Å². The monoisotopic (exact) mass is 343 g/mol. The molecule has 0 atom stereocenters. The number of hydrogen-bond donors (Lipinski definition) is 1. The third-order valence-corrected chi connectivity index (χ3v) is 3.50. The molecule has 0 aliphatic rings. The Balaban J connectivity index is 1.94. The Morgan fingerprint density at radius 3 is 2.48 bits per heavy atom. The van der Waals surface area contributed by atoms with Crippen LogP contribution in [0.4, 0.5) is 0 Å². The van der Waals surface area contributed by atoms with Gasteiger partial charge in [0.1, 0.15) is 0 Å². The molecule has 0 spiro atoms. The van der Waals surface area contributed by atoms with Gasteiger partial charge in [0.15, 0.2) is 18.1 Å². The topological polar surface area (TPSA) is 73.9 Å². The Labute approximate surface area is 146 Å². The summed E-state index contributed by atoms with van der Waals surface area (Å²) in [4.78, 5) is 23.4. The molecule has 0 bridgehead atoms. The van der Waals surface area contributed by atoms with Gasteiger partial charge in [-0.2, -0.15) is 0 Å². The lowest BCUT2D eigenvalue weighted by atomic mass is 10.2. The fraction of sp³-hybridized carbons (Fsp3) is 0.263. The quantitative estimate of drug-likeness (QED) is 0.744. The van der Waals surface area contributed by atoms with E-state index < -0.39 is 5.97 Å². The summed E-state index contributed by atoms with van der Waals surface area (Å²) >= 11 is 0. The standard InChI is InChI=1S/C19H21NO5/c1-20-18(21)13-25-16-9-8-15(12-17(16)23-2)19(22)24-11-10-14-6-4-3-5-7-14/h3-9,12H,10-11,13H2,1-2H3,(H,20,21). The van der Waals surface area contributed by atoms with Crippen molar-refractivity contribution < 1.29 is 23.8 Å². The second-order valence-electron chi connectivity index (χ2n) is 5.20. The molecule has 0 saturated carbocycles. The SMILES string of the molecule is CNC(=O)COc1ccc(C(=O)OCCc2ccccc2)cc1OC. The summed E-state index contributed by atoms with van der Waals surface area (Å²) in [5, 5.41) is 2.46. The van der Waals surface area contributed by atoms with E-state index in [1.165, 1.54) is 20.2 Å². The number of likely N-dealkylation sites (N-methyl/N-ethyl adjacent to an activating group) is 1. The van der Waals surface area contributed by atoms with E-state index in [9.17, 15) is 9.59 Å². The molecule has 0 unspecified atom stereocenters. The summed E-state index contributed by atoms with van der Waals surface area (Å²) in [5.41, 5.74) is 1.46. The molecule has 2 aromatic rings. The van der Waals surface area contributed by atoms with Crippen molar-refractivity contribution in [3.05, 3.63) is 59.7 Å². The number of carbonyl (C=O) groups excluding carboxylic acids is 2. The molecule has 25 heavy (non-hydrogen) atoms. The van der Waals surface area contributed by atoms with Crippen LogP contribution in [0.3, 0.4) is 0 Å². The van der Waals surface area contributed by atoms with Crippen LogP contribution in [0.2, 0.25) is 0 Å². The molecule has 6 nitrogen and oxygen atoms in total. The molecular weight excluding hydrogens is 322 g/mol. The van der Waals surface area contributed by atoms with Gasteiger partial charge in [-0.05, 0) is 23.8 Å². The molecule has 2 rings (SSSR count). The highest BCUT2D eigenvalue weighted by Crippen LogP contribution is 2.28. The van der Waals surface area contributed by atoms with Gasteiger partial charge in [0.05, 0.1) is 19.3 Å². The predicted molar refractivity (Wildman–Crippen MR) is 93.0 cm³/mol. The molecule has 1 amide bonds. The Morgan fingerprint density at radius 1 is 1.04 bits per heavy atom. The number of hydrogen-bond acceptors (Lipinski definition) is 5. The normalized spacial score (nSPS) is 10.0. The highest BCUT2D eigenvalue weighted by atomic mass is 16.5. The number of ether oxygens (including phenoxy) is 3. The molecule has 0 aliphatic carbocycles. The average molecular weight is 343 g/mol. The zero-order valence-electron chi connectivity index (χ0n) is 14.3. The number of benzene rings is 2. The molecule has 2 aromatic carbocycles. The van der Waals surface area contributed by atoms with Gasteiger partial charge in [0.2, 0.25) is 0 Å². The van der Waals surface area contributed by atoms with E-state index in [0.717, 1.165) is 5.56 Å². The Morgan fingerprint density at radius 2 is 1.80 bits per heavy atom. The fourth-order valence-electron chi connectivity index (χ4n) is 2.12. The minimum Gasteiger partial charge on any atom is -0.493 e. The van der Waals surface area contributed by atoms with E-state index in [-0.39, 0.29) is 12.5 Å². The van der Waals surface area contributed by atoms with Crippen LogP contribution >= 0.6 is 0 Å². The summed E-state index contributed by atoms with van der Waals surface area (Å²) in [7, 11) is 2.99. The van der Waals surface area contributed by atoms with Crippen molar-refractivity contribution in [1.82, 2.24) is 5.32 Å². The summed E-state index contributed by atoms with van der Waals surface area (Å²) in [6.45, 7) is 0.161. The van der Waals surface area contributed by atoms with Crippen LogP contribution in [0.5, 0.6) is 11.5 Å². The van der Waals surface area contributed by atoms with Gasteiger partial charge in [0.25, 0.3) is 5.91 Å². The number of rotatable bonds is 8. The molecule has 0 heterocycles. The van der Waals surface area contributed by atoms with Gasteiger partial charge in [-0.15, -0.1) is 0 Å². The second-order valence-corrected chi connectivity index (χ2v) is 5.20. The second kappa shape index (κ2) is 9.32. The summed E-state index contributed by atoms with van der Waals surface area (Å²) < 4.78 is 15.9. The van der Waals surface area contributed by atoms with Crippen molar-refractivity contribution in [3.63, 3.8) is 0 Å². The van der Waals surface area contributed by atoms with Crippen LogP contribution in [0.25, 0.3) is 0 Å². The Bertz CT molecular complexity index is 715. The predicted octanol–water partition coefficient (Wildman–Crippen LogP) is 2.22. The number of esters is 1. The zero-order chi connectivity index (χ0) is 18.1. The molecule has 0 aromatic heterocycles. The maximum absolute atomic E-state index is 12.1. The lowest BCUT2D eigenvalue weighted by Gasteiger charge is -2.11. The van der Waals surface area contributed by atoms with Crippen LogP contribution < -0.4 is 14.8 Å². The van der Waals surface area contributed by atoms with E-state index >= 15 is 0 Å². The first kappa shape index (κ1) is 18.3. The van der Waals surface area contributed by atoms with E-state index in [4.69, 9.17) is 14.2 Å². The van der Waals surface area contributed by atoms with Crippen LogP contribution in [-0.4, -0.2) is 39.2 Å². The molecule has 0 aliphatic heterocycles. The molecule has 1 N–H and O–H groups in total. The third-order valence-electron chi connectivity index (χ3n) is 3.50. The van der Waals surface area contributed by atoms with E-state index in [0.29, 0.717) is 30.1 Å². The van der Waals surface area contributed by atoms with Gasteiger partial charge in [-0.25, -0.2) is 4.79 Å². The smallest absolute Gasteiger partial charge is 0.338 e. The molecule has 0 fully saturated rings. The zero-order valence-corrected chi connectivity index (χ0v) is 14.3. The maximum atomic E-state index is 12.1. The lowest BCUT2D eigenvalue weighted by molar-refractivity contribution is -0.122. The first-order valence-corrected chi connectivity index (χ1v) is 7.86. The molecular formula is C19H21NO5. The van der Waals surface area contributed by atoms with Gasteiger partial charge in [0, 0.05) is 13.5 Å². The fourth-order valence-corrected chi connectivity index (χ4v) is 2.12. The summed E-state index contributed by atoms with van der Waals surface area (Å²) in [6, 6.07) is 14.5. The van der Waals surface area contributed by atoms with E-state index in [1.54, 1.807) is 12.1 Å². The first-order chi connectivity index (χ1) is 12.1. The molecule has 0 saturated heterocycles. The highest BCUT2D eigenvalue weighted by molar-refractivity contribution is 5.90. The van der Waals surface area contributed by atoms with Crippen molar-refractivity contribution in [3.8, 4) is 11.5 Å². The van der Waals surface area contributed by atoms with Crippen LogP contribution in [0.15, 0.2) is 48.5 Å². The minimum atomic E-state index is -0.438.